The maximum atomic E-state index is 9.07. The molecule has 18 heavy (non-hydrogen) atoms. The van der Waals surface area contributed by atoms with Gasteiger partial charge in [-0.1, -0.05) is 13.8 Å². The summed E-state index contributed by atoms with van der Waals surface area (Å²) >= 11 is 0. The predicted molar refractivity (Wildman–Crippen MR) is 71.2 cm³/mol. The van der Waals surface area contributed by atoms with Crippen molar-refractivity contribution in [2.75, 3.05) is 11.9 Å². The van der Waals surface area contributed by atoms with Crippen LogP contribution >= 0.6 is 0 Å². The third-order valence-electron chi connectivity index (χ3n) is 3.98. The molecule has 1 aliphatic carbocycles. The Morgan fingerprint density at radius 2 is 1.89 bits per heavy atom. The SMILES string of the molecule is CN(c1nccnc1C#N)C1CCC(C)(C)CC1. The van der Waals surface area contributed by atoms with Crippen LogP contribution in [0.1, 0.15) is 45.2 Å². The summed E-state index contributed by atoms with van der Waals surface area (Å²) in [4.78, 5) is 10.5. The maximum Gasteiger partial charge on any atom is 0.183 e. The molecule has 0 amide bonds. The predicted octanol–water partition coefficient (Wildman–Crippen LogP) is 2.75. The fourth-order valence-corrected chi connectivity index (χ4v) is 2.61. The lowest BCUT2D eigenvalue weighted by Gasteiger charge is -2.39. The first-order valence-electron chi connectivity index (χ1n) is 6.47. The molecule has 0 spiro atoms. The van der Waals surface area contributed by atoms with Crippen LogP contribution in [0.5, 0.6) is 0 Å². The van der Waals surface area contributed by atoms with Crippen LogP contribution in [-0.4, -0.2) is 23.1 Å². The van der Waals surface area contributed by atoms with E-state index in [0.717, 1.165) is 12.8 Å². The zero-order valence-corrected chi connectivity index (χ0v) is 11.3. The van der Waals surface area contributed by atoms with Gasteiger partial charge in [0.25, 0.3) is 0 Å². The Kier molecular flexibility index (Phi) is 3.51. The van der Waals surface area contributed by atoms with Crippen molar-refractivity contribution in [3.05, 3.63) is 18.1 Å². The smallest absolute Gasteiger partial charge is 0.183 e. The molecule has 0 bridgehead atoms. The van der Waals surface area contributed by atoms with Crippen LogP contribution in [0.15, 0.2) is 12.4 Å². The second-order valence-electron chi connectivity index (χ2n) is 5.85. The molecule has 1 aromatic rings. The van der Waals surface area contributed by atoms with Crippen LogP contribution < -0.4 is 4.90 Å². The van der Waals surface area contributed by atoms with Gasteiger partial charge < -0.3 is 4.90 Å². The van der Waals surface area contributed by atoms with Gasteiger partial charge in [0, 0.05) is 25.5 Å². The van der Waals surface area contributed by atoms with Gasteiger partial charge in [0.15, 0.2) is 11.5 Å². The highest BCUT2D eigenvalue weighted by molar-refractivity contribution is 5.49. The first-order chi connectivity index (χ1) is 8.53. The van der Waals surface area contributed by atoms with Gasteiger partial charge in [0.05, 0.1) is 0 Å². The molecule has 0 N–H and O–H groups in total. The lowest BCUT2D eigenvalue weighted by molar-refractivity contribution is 0.222. The van der Waals surface area contributed by atoms with Crippen LogP contribution in [0.3, 0.4) is 0 Å². The van der Waals surface area contributed by atoms with Gasteiger partial charge in [-0.15, -0.1) is 0 Å². The first-order valence-corrected chi connectivity index (χ1v) is 6.47. The molecule has 0 aliphatic heterocycles. The third-order valence-corrected chi connectivity index (χ3v) is 3.98. The Morgan fingerprint density at radius 3 is 2.50 bits per heavy atom. The summed E-state index contributed by atoms with van der Waals surface area (Å²) in [6.07, 6.45) is 7.99. The Hall–Kier alpha value is -1.63. The fraction of sp³-hybridized carbons (Fsp3) is 0.643. The third kappa shape index (κ3) is 2.61. The van der Waals surface area contributed by atoms with E-state index < -0.39 is 0 Å². The number of anilines is 1. The Bertz CT molecular complexity index is 451. The maximum absolute atomic E-state index is 9.07. The number of rotatable bonds is 2. The summed E-state index contributed by atoms with van der Waals surface area (Å²) in [6.45, 7) is 4.65. The summed E-state index contributed by atoms with van der Waals surface area (Å²) in [7, 11) is 2.02. The standard InChI is InChI=1S/C14H20N4/c1-14(2)6-4-11(5-7-14)18(3)13-12(10-15)16-8-9-17-13/h8-9,11H,4-7H2,1-3H3. The molecule has 1 heterocycles. The largest absolute Gasteiger partial charge is 0.354 e. The average molecular weight is 244 g/mol. The van der Waals surface area contributed by atoms with Crippen molar-refractivity contribution >= 4 is 5.82 Å². The quantitative estimate of drug-likeness (QED) is 0.802. The molecule has 0 atom stereocenters. The molecular formula is C14H20N4. The number of hydrogen-bond donors (Lipinski definition) is 0. The highest BCUT2D eigenvalue weighted by Crippen LogP contribution is 2.37. The Morgan fingerprint density at radius 1 is 1.28 bits per heavy atom. The summed E-state index contributed by atoms with van der Waals surface area (Å²) in [5.74, 6) is 0.713. The second-order valence-corrected chi connectivity index (χ2v) is 5.85. The van der Waals surface area contributed by atoms with Crippen LogP contribution in [0.25, 0.3) is 0 Å². The number of nitriles is 1. The van der Waals surface area contributed by atoms with Gasteiger partial charge in [-0.25, -0.2) is 9.97 Å². The van der Waals surface area contributed by atoms with Crippen molar-refractivity contribution < 1.29 is 0 Å². The lowest BCUT2D eigenvalue weighted by Crippen LogP contribution is -2.38. The van der Waals surface area contributed by atoms with Crippen LogP contribution in [0, 0.1) is 16.7 Å². The zero-order chi connectivity index (χ0) is 13.2. The normalized spacial score (nSPS) is 19.2. The van der Waals surface area contributed by atoms with E-state index in [1.54, 1.807) is 12.4 Å². The minimum Gasteiger partial charge on any atom is -0.354 e. The molecule has 0 saturated heterocycles. The van der Waals surface area contributed by atoms with E-state index in [2.05, 4.69) is 34.8 Å². The molecule has 1 saturated carbocycles. The minimum absolute atomic E-state index is 0.421. The monoisotopic (exact) mass is 244 g/mol. The Balaban J connectivity index is 2.13. The van der Waals surface area contributed by atoms with E-state index in [1.165, 1.54) is 12.8 Å². The van der Waals surface area contributed by atoms with Gasteiger partial charge in [-0.2, -0.15) is 5.26 Å². The van der Waals surface area contributed by atoms with Crippen LogP contribution in [0.4, 0.5) is 5.82 Å². The van der Waals surface area contributed by atoms with Crippen molar-refractivity contribution in [3.8, 4) is 6.07 Å². The van der Waals surface area contributed by atoms with Crippen molar-refractivity contribution in [1.29, 1.82) is 5.26 Å². The molecule has 0 unspecified atom stereocenters. The molecule has 4 heteroatoms. The zero-order valence-electron chi connectivity index (χ0n) is 11.3. The molecule has 96 valence electrons. The summed E-state index contributed by atoms with van der Waals surface area (Å²) in [5, 5.41) is 9.07. The van der Waals surface area contributed by atoms with E-state index >= 15 is 0 Å². The van der Waals surface area contributed by atoms with Gasteiger partial charge in [0.1, 0.15) is 6.07 Å². The number of aromatic nitrogens is 2. The van der Waals surface area contributed by atoms with E-state index in [0.29, 0.717) is 23.0 Å². The van der Waals surface area contributed by atoms with Gasteiger partial charge in [-0.3, -0.25) is 0 Å². The van der Waals surface area contributed by atoms with Crippen molar-refractivity contribution in [2.45, 2.75) is 45.6 Å². The molecule has 4 nitrogen and oxygen atoms in total. The van der Waals surface area contributed by atoms with E-state index in [-0.39, 0.29) is 0 Å². The highest BCUT2D eigenvalue weighted by atomic mass is 15.2. The fourth-order valence-electron chi connectivity index (χ4n) is 2.61. The van der Waals surface area contributed by atoms with Crippen LogP contribution in [0.2, 0.25) is 0 Å². The lowest BCUT2D eigenvalue weighted by atomic mass is 9.75. The molecule has 1 aliphatic rings. The van der Waals surface area contributed by atoms with Crippen molar-refractivity contribution in [1.82, 2.24) is 9.97 Å². The topological polar surface area (TPSA) is 52.8 Å². The van der Waals surface area contributed by atoms with E-state index in [9.17, 15) is 0 Å². The highest BCUT2D eigenvalue weighted by Gasteiger charge is 2.30. The van der Waals surface area contributed by atoms with Gasteiger partial charge >= 0.3 is 0 Å². The van der Waals surface area contributed by atoms with Gasteiger partial charge in [0.2, 0.25) is 0 Å². The first kappa shape index (κ1) is 12.8. The van der Waals surface area contributed by atoms with Crippen molar-refractivity contribution in [3.63, 3.8) is 0 Å². The van der Waals surface area contributed by atoms with Crippen molar-refractivity contribution in [2.24, 2.45) is 5.41 Å². The molecule has 1 fully saturated rings. The van der Waals surface area contributed by atoms with E-state index in [1.807, 2.05) is 7.05 Å². The number of nitrogens with zero attached hydrogens (tertiary/aromatic N) is 4. The summed E-state index contributed by atoms with van der Waals surface area (Å²) < 4.78 is 0. The molecule has 0 aromatic carbocycles. The summed E-state index contributed by atoms with van der Waals surface area (Å²) in [6, 6.07) is 2.59. The second kappa shape index (κ2) is 4.93. The number of hydrogen-bond acceptors (Lipinski definition) is 4. The summed E-state index contributed by atoms with van der Waals surface area (Å²) in [5.41, 5.74) is 0.877. The molecular weight excluding hydrogens is 224 g/mol. The molecule has 2 rings (SSSR count). The average Bonchev–Trinajstić information content (AvgIpc) is 2.38. The molecule has 1 aromatic heterocycles. The minimum atomic E-state index is 0.421. The van der Waals surface area contributed by atoms with E-state index in [4.69, 9.17) is 5.26 Å². The Labute approximate surface area is 109 Å². The van der Waals surface area contributed by atoms with Gasteiger partial charge in [-0.05, 0) is 31.1 Å². The molecule has 0 radical (unpaired) electrons. The van der Waals surface area contributed by atoms with Crippen LogP contribution in [-0.2, 0) is 0 Å².